The standard InChI is InChI=1S/C40H77NO8/c1-6-8-10-12-14-15-16-17-18-19-20-21-22-23-24-25-27-29-31-38(43)49-36(34-47-37(42)30-28-26-13-11-9-7-2)35-48-40(39(44)45)46-33-32-41(3,4)5/h36,40H,6-35H2,1-5H3/p+1. The summed E-state index contributed by atoms with van der Waals surface area (Å²) >= 11 is 0. The molecule has 0 heterocycles. The van der Waals surface area contributed by atoms with Crippen LogP contribution in [0.15, 0.2) is 0 Å². The number of ether oxygens (including phenoxy) is 4. The van der Waals surface area contributed by atoms with Gasteiger partial charge in [0, 0.05) is 12.8 Å². The average molecular weight is 701 g/mol. The van der Waals surface area contributed by atoms with Crippen molar-refractivity contribution in [3.8, 4) is 0 Å². The van der Waals surface area contributed by atoms with Crippen molar-refractivity contribution in [2.24, 2.45) is 0 Å². The maximum atomic E-state index is 12.7. The predicted octanol–water partition coefficient (Wildman–Crippen LogP) is 9.77. The first-order chi connectivity index (χ1) is 23.6. The van der Waals surface area contributed by atoms with Gasteiger partial charge in [-0.25, -0.2) is 4.79 Å². The summed E-state index contributed by atoms with van der Waals surface area (Å²) in [5, 5.41) is 9.56. The summed E-state index contributed by atoms with van der Waals surface area (Å²) < 4.78 is 22.5. The van der Waals surface area contributed by atoms with E-state index >= 15 is 0 Å². The van der Waals surface area contributed by atoms with E-state index in [-0.39, 0.29) is 32.2 Å². The van der Waals surface area contributed by atoms with Gasteiger partial charge in [-0.3, -0.25) is 9.59 Å². The number of esters is 2. The molecule has 0 aliphatic carbocycles. The molecule has 0 spiro atoms. The van der Waals surface area contributed by atoms with E-state index in [0.29, 0.717) is 17.4 Å². The second kappa shape index (κ2) is 33.4. The van der Waals surface area contributed by atoms with Gasteiger partial charge in [0.05, 0.1) is 34.4 Å². The number of unbranched alkanes of at least 4 members (excludes halogenated alkanes) is 22. The first-order valence-corrected chi connectivity index (χ1v) is 20.2. The normalized spacial score (nSPS) is 12.9. The van der Waals surface area contributed by atoms with Crippen molar-refractivity contribution in [1.29, 1.82) is 0 Å². The number of likely N-dealkylation sites (N-methyl/N-ethyl adjacent to an activating group) is 1. The first kappa shape index (κ1) is 47.3. The maximum absolute atomic E-state index is 12.7. The molecule has 0 aromatic carbocycles. The van der Waals surface area contributed by atoms with Crippen molar-refractivity contribution in [2.45, 2.75) is 193 Å². The molecular formula is C40H78NO8+. The Morgan fingerprint density at radius 3 is 1.31 bits per heavy atom. The zero-order valence-electron chi connectivity index (χ0n) is 32.6. The topological polar surface area (TPSA) is 108 Å². The predicted molar refractivity (Wildman–Crippen MR) is 198 cm³/mol. The molecule has 0 fully saturated rings. The highest BCUT2D eigenvalue weighted by atomic mass is 16.7. The van der Waals surface area contributed by atoms with Gasteiger partial charge in [-0.05, 0) is 12.8 Å². The third-order valence-electron chi connectivity index (χ3n) is 8.86. The number of nitrogens with zero attached hydrogens (tertiary/aromatic N) is 1. The summed E-state index contributed by atoms with van der Waals surface area (Å²) in [4.78, 5) is 36.7. The molecule has 49 heavy (non-hydrogen) atoms. The highest BCUT2D eigenvalue weighted by Crippen LogP contribution is 2.15. The zero-order valence-corrected chi connectivity index (χ0v) is 32.6. The van der Waals surface area contributed by atoms with E-state index in [1.165, 1.54) is 116 Å². The molecule has 0 amide bonds. The monoisotopic (exact) mass is 701 g/mol. The van der Waals surface area contributed by atoms with Crippen LogP contribution in [0, 0.1) is 0 Å². The zero-order chi connectivity index (χ0) is 36.4. The molecule has 0 aliphatic heterocycles. The first-order valence-electron chi connectivity index (χ1n) is 20.2. The van der Waals surface area contributed by atoms with Crippen molar-refractivity contribution in [3.63, 3.8) is 0 Å². The lowest BCUT2D eigenvalue weighted by atomic mass is 10.0. The molecule has 0 radical (unpaired) electrons. The molecule has 9 nitrogen and oxygen atoms in total. The number of hydrogen-bond acceptors (Lipinski definition) is 7. The summed E-state index contributed by atoms with van der Waals surface area (Å²) in [5.74, 6) is -2.01. The number of quaternary nitrogens is 1. The Labute approximate surface area is 301 Å². The summed E-state index contributed by atoms with van der Waals surface area (Å²) in [5.41, 5.74) is 0. The minimum Gasteiger partial charge on any atom is -0.477 e. The fourth-order valence-electron chi connectivity index (χ4n) is 5.66. The maximum Gasteiger partial charge on any atom is 0.361 e. The Balaban J connectivity index is 4.31. The number of carboxylic acids is 1. The highest BCUT2D eigenvalue weighted by Gasteiger charge is 2.25. The van der Waals surface area contributed by atoms with Crippen LogP contribution in [0.1, 0.15) is 181 Å². The molecule has 0 bridgehead atoms. The molecule has 290 valence electrons. The second-order valence-electron chi connectivity index (χ2n) is 15.0. The van der Waals surface area contributed by atoms with Crippen LogP contribution in [-0.4, -0.2) is 87.4 Å². The molecule has 9 heteroatoms. The van der Waals surface area contributed by atoms with E-state index < -0.39 is 24.3 Å². The van der Waals surface area contributed by atoms with Crippen LogP contribution in [0.2, 0.25) is 0 Å². The highest BCUT2D eigenvalue weighted by molar-refractivity contribution is 5.71. The van der Waals surface area contributed by atoms with Crippen molar-refractivity contribution in [2.75, 3.05) is 47.5 Å². The summed E-state index contributed by atoms with van der Waals surface area (Å²) in [7, 11) is 5.95. The van der Waals surface area contributed by atoms with E-state index in [1.807, 2.05) is 21.1 Å². The molecule has 0 rings (SSSR count). The fraction of sp³-hybridized carbons (Fsp3) is 0.925. The Morgan fingerprint density at radius 1 is 0.531 bits per heavy atom. The molecule has 2 unspecified atom stereocenters. The van der Waals surface area contributed by atoms with E-state index in [2.05, 4.69) is 13.8 Å². The number of carbonyl (C=O) groups is 3. The Bertz CT molecular complexity index is 785. The van der Waals surface area contributed by atoms with Crippen LogP contribution < -0.4 is 0 Å². The van der Waals surface area contributed by atoms with Gasteiger partial charge in [0.15, 0.2) is 6.10 Å². The van der Waals surface area contributed by atoms with E-state index in [0.717, 1.165) is 38.5 Å². The van der Waals surface area contributed by atoms with Gasteiger partial charge >= 0.3 is 17.9 Å². The number of carboxylic acid groups (broad SMARTS) is 1. The van der Waals surface area contributed by atoms with Crippen LogP contribution in [-0.2, 0) is 33.3 Å². The number of carbonyl (C=O) groups excluding carboxylic acids is 2. The Morgan fingerprint density at radius 2 is 0.918 bits per heavy atom. The lowest BCUT2D eigenvalue weighted by Gasteiger charge is -2.25. The molecule has 0 aromatic heterocycles. The quantitative estimate of drug-likeness (QED) is 0.0295. The number of rotatable bonds is 37. The second-order valence-corrected chi connectivity index (χ2v) is 15.0. The SMILES string of the molecule is CCCCCCCCCCCCCCCCCCCCC(=O)OC(COC(=O)CCCCCCCC)COC(OCC[N+](C)(C)C)C(=O)O. The smallest absolute Gasteiger partial charge is 0.361 e. The Kier molecular flexibility index (Phi) is 32.3. The lowest BCUT2D eigenvalue weighted by molar-refractivity contribution is -0.870. The average Bonchev–Trinajstić information content (AvgIpc) is 3.05. The van der Waals surface area contributed by atoms with Crippen LogP contribution in [0.4, 0.5) is 0 Å². The number of aliphatic carboxylic acids is 1. The van der Waals surface area contributed by atoms with Gasteiger partial charge in [0.2, 0.25) is 0 Å². The molecule has 2 atom stereocenters. The van der Waals surface area contributed by atoms with Crippen LogP contribution in [0.25, 0.3) is 0 Å². The van der Waals surface area contributed by atoms with Crippen molar-refractivity contribution < 1.29 is 42.9 Å². The molecule has 0 saturated carbocycles. The lowest BCUT2D eigenvalue weighted by Crippen LogP contribution is -2.40. The molecule has 0 aromatic rings. The van der Waals surface area contributed by atoms with E-state index in [1.54, 1.807) is 0 Å². The van der Waals surface area contributed by atoms with Crippen LogP contribution in [0.5, 0.6) is 0 Å². The van der Waals surface area contributed by atoms with Gasteiger partial charge < -0.3 is 28.5 Å². The van der Waals surface area contributed by atoms with Gasteiger partial charge in [-0.15, -0.1) is 0 Å². The largest absolute Gasteiger partial charge is 0.477 e. The van der Waals surface area contributed by atoms with Crippen molar-refractivity contribution in [3.05, 3.63) is 0 Å². The molecule has 1 N–H and O–H groups in total. The van der Waals surface area contributed by atoms with Gasteiger partial charge in [-0.2, -0.15) is 0 Å². The van der Waals surface area contributed by atoms with Crippen molar-refractivity contribution >= 4 is 17.9 Å². The molecule has 0 saturated heterocycles. The van der Waals surface area contributed by atoms with Gasteiger partial charge in [0.25, 0.3) is 6.29 Å². The minimum absolute atomic E-state index is 0.176. The van der Waals surface area contributed by atoms with E-state index in [4.69, 9.17) is 18.9 Å². The molecular weight excluding hydrogens is 622 g/mol. The van der Waals surface area contributed by atoms with Gasteiger partial charge in [0.1, 0.15) is 13.2 Å². The summed E-state index contributed by atoms with van der Waals surface area (Å²) in [6, 6.07) is 0. The summed E-state index contributed by atoms with van der Waals surface area (Å²) in [6.07, 6.45) is 27.6. The third kappa shape index (κ3) is 34.5. The van der Waals surface area contributed by atoms with Gasteiger partial charge in [-0.1, -0.05) is 155 Å². The van der Waals surface area contributed by atoms with Crippen LogP contribution in [0.3, 0.4) is 0 Å². The fourth-order valence-corrected chi connectivity index (χ4v) is 5.66. The number of hydrogen-bond donors (Lipinski definition) is 1. The minimum atomic E-state index is -1.50. The Hall–Kier alpha value is -1.71. The van der Waals surface area contributed by atoms with E-state index in [9.17, 15) is 19.5 Å². The third-order valence-corrected chi connectivity index (χ3v) is 8.86. The molecule has 0 aliphatic rings. The van der Waals surface area contributed by atoms with Crippen LogP contribution >= 0.6 is 0 Å². The van der Waals surface area contributed by atoms with Crippen molar-refractivity contribution in [1.82, 2.24) is 0 Å². The summed E-state index contributed by atoms with van der Waals surface area (Å²) in [6.45, 7) is 4.81.